The highest BCUT2D eigenvalue weighted by Gasteiger charge is 2.74. The van der Waals surface area contributed by atoms with Crippen molar-refractivity contribution in [3.05, 3.63) is 52.5 Å². The second-order valence-electron chi connectivity index (χ2n) is 8.96. The van der Waals surface area contributed by atoms with Crippen molar-refractivity contribution >= 4 is 40.7 Å². The number of hydrogen-bond donors (Lipinski definition) is 1. The molecule has 8 heteroatoms. The summed E-state index contributed by atoms with van der Waals surface area (Å²) in [7, 11) is 1.48. The van der Waals surface area contributed by atoms with Crippen LogP contribution < -0.4 is 15.0 Å². The average Bonchev–Trinajstić information content (AvgIpc) is 3.48. The molecule has 6 rings (SSSR count). The van der Waals surface area contributed by atoms with E-state index in [9.17, 15) is 14.4 Å². The van der Waals surface area contributed by atoms with E-state index in [1.165, 1.54) is 12.0 Å². The molecule has 3 fully saturated rings. The van der Waals surface area contributed by atoms with Gasteiger partial charge in [-0.25, -0.2) is 4.90 Å². The van der Waals surface area contributed by atoms with Crippen molar-refractivity contribution in [3.63, 3.8) is 0 Å². The molecular weight excluding hydrogens is 430 g/mol. The van der Waals surface area contributed by atoms with Crippen LogP contribution in [-0.4, -0.2) is 42.3 Å². The lowest BCUT2D eigenvalue weighted by Gasteiger charge is -2.36. The Hall–Kier alpha value is -2.90. The Morgan fingerprint density at radius 3 is 2.72 bits per heavy atom. The highest BCUT2D eigenvalue weighted by molar-refractivity contribution is 6.32. The third-order valence-corrected chi connectivity index (χ3v) is 8.01. The number of anilines is 2. The van der Waals surface area contributed by atoms with Crippen LogP contribution in [0.15, 0.2) is 36.4 Å². The molecule has 0 aromatic heterocycles. The molecule has 0 unspecified atom stereocenters. The van der Waals surface area contributed by atoms with Crippen LogP contribution >= 0.6 is 11.6 Å². The largest absolute Gasteiger partial charge is 0.495 e. The van der Waals surface area contributed by atoms with Crippen LogP contribution in [0, 0.1) is 18.8 Å². The molecule has 4 heterocycles. The zero-order valence-corrected chi connectivity index (χ0v) is 18.5. The Labute approximate surface area is 190 Å². The molecule has 0 saturated carbocycles. The number of rotatable bonds is 2. The number of aryl methyl sites for hydroxylation is 1. The van der Waals surface area contributed by atoms with Gasteiger partial charge in [0.15, 0.2) is 0 Å². The predicted molar refractivity (Wildman–Crippen MR) is 119 cm³/mol. The van der Waals surface area contributed by atoms with E-state index >= 15 is 0 Å². The molecule has 32 heavy (non-hydrogen) atoms. The Morgan fingerprint density at radius 2 is 1.94 bits per heavy atom. The summed E-state index contributed by atoms with van der Waals surface area (Å²) in [5, 5.41) is 3.47. The summed E-state index contributed by atoms with van der Waals surface area (Å²) in [5.74, 6) is -1.87. The Bertz CT molecular complexity index is 1210. The van der Waals surface area contributed by atoms with E-state index < -0.39 is 17.4 Å². The van der Waals surface area contributed by atoms with E-state index in [0.717, 1.165) is 24.0 Å². The van der Waals surface area contributed by atoms with Gasteiger partial charge in [-0.3, -0.25) is 19.3 Å². The van der Waals surface area contributed by atoms with Crippen LogP contribution in [0.3, 0.4) is 0 Å². The first kappa shape index (κ1) is 19.8. The lowest BCUT2D eigenvalue weighted by Crippen LogP contribution is -2.54. The fourth-order valence-corrected chi connectivity index (χ4v) is 6.54. The Balaban J connectivity index is 1.56. The summed E-state index contributed by atoms with van der Waals surface area (Å²) in [6.07, 6.45) is 1.66. The van der Waals surface area contributed by atoms with Crippen molar-refractivity contribution in [2.24, 2.45) is 11.8 Å². The molecule has 2 aromatic rings. The first-order chi connectivity index (χ1) is 15.4. The SMILES string of the molecule is COc1cc(Cl)c(C)cc1N1C(=O)[C@@H]2[C@@H]3CCCN3[C@]3(C(=O)Nc4ccccc43)[C@H]2C1=O. The summed E-state index contributed by atoms with van der Waals surface area (Å²) < 4.78 is 5.47. The molecule has 1 N–H and O–H groups in total. The number of benzene rings is 2. The normalized spacial score (nSPS) is 30.7. The van der Waals surface area contributed by atoms with E-state index in [4.69, 9.17) is 16.3 Å². The number of ether oxygens (including phenoxy) is 1. The number of nitrogens with zero attached hydrogens (tertiary/aromatic N) is 2. The minimum absolute atomic E-state index is 0.155. The van der Waals surface area contributed by atoms with Crippen LogP contribution in [0.4, 0.5) is 11.4 Å². The average molecular weight is 452 g/mol. The number of nitrogens with one attached hydrogen (secondary N) is 1. The van der Waals surface area contributed by atoms with Crippen molar-refractivity contribution in [2.45, 2.75) is 31.3 Å². The van der Waals surface area contributed by atoms with Crippen molar-refractivity contribution < 1.29 is 19.1 Å². The van der Waals surface area contributed by atoms with Gasteiger partial charge in [-0.15, -0.1) is 0 Å². The molecule has 4 aliphatic heterocycles. The topological polar surface area (TPSA) is 79.0 Å². The lowest BCUT2D eigenvalue weighted by molar-refractivity contribution is -0.135. The summed E-state index contributed by atoms with van der Waals surface area (Å²) in [4.78, 5) is 44.8. The van der Waals surface area contributed by atoms with Gasteiger partial charge in [0, 0.05) is 28.4 Å². The number of imide groups is 1. The maximum absolute atomic E-state index is 14.0. The van der Waals surface area contributed by atoms with Crippen LogP contribution in [-0.2, 0) is 19.9 Å². The standard InChI is InChI=1S/C24H22ClN3O4/c1-12-10-17(18(32-2)11-14(12)25)28-21(29)19-16-8-5-9-27(16)24(20(19)22(28)30)13-6-3-4-7-15(13)26-23(24)31/h3-4,6-7,10-11,16,19-20H,5,8-9H2,1-2H3,(H,26,31)/t16-,19+,20+,24-/m0/s1. The monoisotopic (exact) mass is 451 g/mol. The van der Waals surface area contributed by atoms with Gasteiger partial charge >= 0.3 is 0 Å². The third-order valence-electron chi connectivity index (χ3n) is 7.60. The minimum atomic E-state index is -1.17. The Kier molecular flexibility index (Phi) is 4.05. The van der Waals surface area contributed by atoms with Crippen molar-refractivity contribution in [2.75, 3.05) is 23.9 Å². The summed E-state index contributed by atoms with van der Waals surface area (Å²) in [5.41, 5.74) is 1.44. The van der Waals surface area contributed by atoms with Gasteiger partial charge in [0.05, 0.1) is 24.6 Å². The van der Waals surface area contributed by atoms with E-state index in [0.29, 0.717) is 28.7 Å². The zero-order chi connectivity index (χ0) is 22.4. The lowest BCUT2D eigenvalue weighted by atomic mass is 9.75. The van der Waals surface area contributed by atoms with E-state index in [2.05, 4.69) is 10.2 Å². The van der Waals surface area contributed by atoms with Gasteiger partial charge in [0.25, 0.3) is 0 Å². The summed E-state index contributed by atoms with van der Waals surface area (Å²) in [6, 6.07) is 10.7. The van der Waals surface area contributed by atoms with Crippen LogP contribution in [0.1, 0.15) is 24.0 Å². The Morgan fingerprint density at radius 1 is 1.16 bits per heavy atom. The molecule has 164 valence electrons. The first-order valence-corrected chi connectivity index (χ1v) is 11.2. The molecule has 1 spiro atoms. The maximum Gasteiger partial charge on any atom is 0.250 e. The molecule has 2 aromatic carbocycles. The second kappa shape index (κ2) is 6.56. The number of fused-ring (bicyclic) bond motifs is 7. The highest BCUT2D eigenvalue weighted by Crippen LogP contribution is 2.61. The number of carbonyl (C=O) groups excluding carboxylic acids is 3. The van der Waals surface area contributed by atoms with Crippen molar-refractivity contribution in [1.82, 2.24) is 4.90 Å². The molecule has 7 nitrogen and oxygen atoms in total. The number of amides is 3. The number of halogens is 1. The molecule has 0 aliphatic carbocycles. The predicted octanol–water partition coefficient (Wildman–Crippen LogP) is 3.09. The van der Waals surface area contributed by atoms with Gasteiger partial charge in [0.1, 0.15) is 11.3 Å². The molecule has 0 bridgehead atoms. The van der Waals surface area contributed by atoms with Gasteiger partial charge in [0.2, 0.25) is 17.7 Å². The quantitative estimate of drug-likeness (QED) is 0.710. The van der Waals surface area contributed by atoms with Crippen LogP contribution in [0.25, 0.3) is 0 Å². The van der Waals surface area contributed by atoms with Gasteiger partial charge in [-0.05, 0) is 44.0 Å². The smallest absolute Gasteiger partial charge is 0.250 e. The fraction of sp³-hybridized carbons (Fsp3) is 0.375. The highest BCUT2D eigenvalue weighted by atomic mass is 35.5. The third kappa shape index (κ3) is 2.18. The van der Waals surface area contributed by atoms with Gasteiger partial charge in [-0.2, -0.15) is 0 Å². The van der Waals surface area contributed by atoms with E-state index in [-0.39, 0.29) is 23.8 Å². The van der Waals surface area contributed by atoms with Crippen LogP contribution in [0.2, 0.25) is 5.02 Å². The van der Waals surface area contributed by atoms with Crippen molar-refractivity contribution in [1.29, 1.82) is 0 Å². The zero-order valence-electron chi connectivity index (χ0n) is 17.7. The number of methoxy groups -OCH3 is 1. The van der Waals surface area contributed by atoms with Gasteiger partial charge < -0.3 is 10.1 Å². The number of para-hydroxylation sites is 1. The van der Waals surface area contributed by atoms with E-state index in [1.54, 1.807) is 12.1 Å². The van der Waals surface area contributed by atoms with Crippen molar-refractivity contribution in [3.8, 4) is 5.75 Å². The number of carbonyl (C=O) groups is 3. The first-order valence-electron chi connectivity index (χ1n) is 10.8. The molecule has 3 amide bonds. The van der Waals surface area contributed by atoms with E-state index in [1.807, 2.05) is 31.2 Å². The van der Waals surface area contributed by atoms with Crippen LogP contribution in [0.5, 0.6) is 5.75 Å². The summed E-state index contributed by atoms with van der Waals surface area (Å²) in [6.45, 7) is 2.50. The molecule has 4 aliphatic rings. The van der Waals surface area contributed by atoms with Gasteiger partial charge in [-0.1, -0.05) is 29.8 Å². The fourth-order valence-electron chi connectivity index (χ4n) is 6.38. The molecule has 4 atom stereocenters. The molecular formula is C24H22ClN3O4. The minimum Gasteiger partial charge on any atom is -0.495 e. The summed E-state index contributed by atoms with van der Waals surface area (Å²) >= 11 is 6.26. The number of hydrogen-bond acceptors (Lipinski definition) is 5. The maximum atomic E-state index is 14.0. The molecule has 0 radical (unpaired) electrons. The second-order valence-corrected chi connectivity index (χ2v) is 9.36. The molecule has 3 saturated heterocycles.